The number of hydrogen-bond donors (Lipinski definition) is 0. The molecule has 0 saturated heterocycles. The van der Waals surface area contributed by atoms with E-state index in [1.54, 1.807) is 5.51 Å². The van der Waals surface area contributed by atoms with Crippen molar-refractivity contribution < 1.29 is 9.53 Å². The molecule has 16 heavy (non-hydrogen) atoms. The Morgan fingerprint density at radius 3 is 2.62 bits per heavy atom. The lowest BCUT2D eigenvalue weighted by atomic mass is 9.98. The summed E-state index contributed by atoms with van der Waals surface area (Å²) in [5, 5.41) is 1.93. The first-order valence-electron chi connectivity index (χ1n) is 5.88. The second kappa shape index (κ2) is 4.17. The molecule has 3 nitrogen and oxygen atoms in total. The molecule has 0 aliphatic heterocycles. The molecule has 2 bridgehead atoms. The summed E-state index contributed by atoms with van der Waals surface area (Å²) < 4.78 is 5.36. The fourth-order valence-corrected chi connectivity index (χ4v) is 3.73. The summed E-state index contributed by atoms with van der Waals surface area (Å²) in [6.07, 6.45) is 4.89. The van der Waals surface area contributed by atoms with Crippen LogP contribution in [0.15, 0.2) is 10.9 Å². The molecule has 3 rings (SSSR count). The number of fused-ring (bicyclic) bond motifs is 2. The Kier molecular flexibility index (Phi) is 2.67. The maximum Gasteiger partial charge on any atom is 0.309 e. The number of esters is 1. The minimum atomic E-state index is 0.0120. The van der Waals surface area contributed by atoms with Gasteiger partial charge in [-0.25, -0.2) is 4.98 Å². The highest BCUT2D eigenvalue weighted by Gasteiger charge is 2.46. The molecule has 0 aromatic carbocycles. The van der Waals surface area contributed by atoms with Gasteiger partial charge in [0, 0.05) is 5.38 Å². The summed E-state index contributed by atoms with van der Waals surface area (Å²) in [6, 6.07) is 0. The molecule has 4 heteroatoms. The Labute approximate surface area is 98.8 Å². The van der Waals surface area contributed by atoms with Crippen LogP contribution in [0.1, 0.15) is 31.4 Å². The molecule has 0 radical (unpaired) electrons. The van der Waals surface area contributed by atoms with Gasteiger partial charge in [0.1, 0.15) is 6.61 Å². The third-order valence-electron chi connectivity index (χ3n) is 3.95. The number of nitrogens with zero attached hydrogens (tertiary/aromatic N) is 1. The molecular formula is C12H15NO2S. The van der Waals surface area contributed by atoms with Crippen LogP contribution in [-0.2, 0) is 16.1 Å². The van der Waals surface area contributed by atoms with Crippen molar-refractivity contribution in [3.05, 3.63) is 16.6 Å². The number of carbonyl (C=O) groups excluding carboxylic acids is 1. The van der Waals surface area contributed by atoms with E-state index in [2.05, 4.69) is 4.98 Å². The molecule has 0 unspecified atom stereocenters. The highest BCUT2D eigenvalue weighted by Crippen LogP contribution is 2.49. The Balaban J connectivity index is 1.58. The summed E-state index contributed by atoms with van der Waals surface area (Å²) >= 11 is 1.53. The van der Waals surface area contributed by atoms with Crippen molar-refractivity contribution in [2.75, 3.05) is 0 Å². The monoisotopic (exact) mass is 237 g/mol. The molecule has 0 spiro atoms. The van der Waals surface area contributed by atoms with Crippen LogP contribution in [0.2, 0.25) is 0 Å². The largest absolute Gasteiger partial charge is 0.459 e. The van der Waals surface area contributed by atoms with Crippen molar-refractivity contribution in [3.63, 3.8) is 0 Å². The van der Waals surface area contributed by atoms with Crippen LogP contribution in [0.4, 0.5) is 0 Å². The first-order chi connectivity index (χ1) is 7.84. The fraction of sp³-hybridized carbons (Fsp3) is 0.667. The third kappa shape index (κ3) is 1.75. The molecule has 2 aliphatic carbocycles. The molecule has 0 N–H and O–H groups in total. The van der Waals surface area contributed by atoms with Gasteiger partial charge in [-0.3, -0.25) is 4.79 Å². The average Bonchev–Trinajstić information content (AvgIpc) is 3.02. The third-order valence-corrected chi connectivity index (χ3v) is 4.59. The van der Waals surface area contributed by atoms with Crippen LogP contribution in [0.3, 0.4) is 0 Å². The standard InChI is InChI=1S/C12H15NO2S/c14-12(15-5-10-6-16-7-13-10)11-8-1-2-9(11)4-3-8/h6-9,11H,1-5H2. The molecule has 0 atom stereocenters. The lowest BCUT2D eigenvalue weighted by molar-refractivity contribution is -0.151. The number of carbonyl (C=O) groups is 1. The zero-order valence-electron chi connectivity index (χ0n) is 9.09. The second-order valence-electron chi connectivity index (χ2n) is 4.79. The van der Waals surface area contributed by atoms with Crippen molar-refractivity contribution in [1.82, 2.24) is 4.98 Å². The van der Waals surface area contributed by atoms with Gasteiger partial charge >= 0.3 is 5.97 Å². The van der Waals surface area contributed by atoms with Gasteiger partial charge in [0.15, 0.2) is 0 Å². The Morgan fingerprint density at radius 2 is 2.06 bits per heavy atom. The minimum Gasteiger partial charge on any atom is -0.459 e. The normalized spacial score (nSPS) is 31.9. The van der Waals surface area contributed by atoms with E-state index in [0.29, 0.717) is 18.4 Å². The van der Waals surface area contributed by atoms with Crippen LogP contribution in [0, 0.1) is 17.8 Å². The molecule has 1 heterocycles. The predicted octanol–water partition coefficient (Wildman–Crippen LogP) is 2.62. The van der Waals surface area contributed by atoms with Crippen LogP contribution in [-0.4, -0.2) is 11.0 Å². The van der Waals surface area contributed by atoms with E-state index in [-0.39, 0.29) is 11.9 Å². The lowest BCUT2D eigenvalue weighted by Gasteiger charge is -2.13. The summed E-state index contributed by atoms with van der Waals surface area (Å²) in [5.41, 5.74) is 2.63. The van der Waals surface area contributed by atoms with Gasteiger partial charge in [0.05, 0.1) is 17.1 Å². The number of thiazole rings is 1. The lowest BCUT2D eigenvalue weighted by Crippen LogP contribution is -2.21. The van der Waals surface area contributed by atoms with Crippen LogP contribution < -0.4 is 0 Å². The molecule has 2 fully saturated rings. The highest BCUT2D eigenvalue weighted by atomic mass is 32.1. The maximum atomic E-state index is 12.0. The van der Waals surface area contributed by atoms with Crippen LogP contribution >= 0.6 is 11.3 Å². The van der Waals surface area contributed by atoms with E-state index in [4.69, 9.17) is 4.74 Å². The highest BCUT2D eigenvalue weighted by molar-refractivity contribution is 7.07. The Hall–Kier alpha value is -0.900. The van der Waals surface area contributed by atoms with Crippen molar-refractivity contribution in [1.29, 1.82) is 0 Å². The zero-order valence-corrected chi connectivity index (χ0v) is 9.91. The smallest absolute Gasteiger partial charge is 0.309 e. The van der Waals surface area contributed by atoms with Gasteiger partial charge in [0.25, 0.3) is 0 Å². The summed E-state index contributed by atoms with van der Waals surface area (Å²) in [4.78, 5) is 16.1. The van der Waals surface area contributed by atoms with Crippen LogP contribution in [0.5, 0.6) is 0 Å². The molecule has 2 saturated carbocycles. The number of aromatic nitrogens is 1. The summed E-state index contributed by atoms with van der Waals surface area (Å²) in [6.45, 7) is 0.346. The van der Waals surface area contributed by atoms with E-state index >= 15 is 0 Å². The zero-order chi connectivity index (χ0) is 11.0. The average molecular weight is 237 g/mol. The first kappa shape index (κ1) is 10.3. The molecule has 1 aromatic rings. The molecule has 0 amide bonds. The fourth-order valence-electron chi connectivity index (χ4n) is 3.18. The second-order valence-corrected chi connectivity index (χ2v) is 5.51. The predicted molar refractivity (Wildman–Crippen MR) is 60.8 cm³/mol. The molecular weight excluding hydrogens is 222 g/mol. The minimum absolute atomic E-state index is 0.0120. The van der Waals surface area contributed by atoms with Crippen molar-refractivity contribution in [2.45, 2.75) is 32.3 Å². The van der Waals surface area contributed by atoms with E-state index in [0.717, 1.165) is 5.69 Å². The Bertz CT molecular complexity index is 356. The molecule has 1 aromatic heterocycles. The molecule has 86 valence electrons. The SMILES string of the molecule is O=C(OCc1cscn1)C1C2CCC1CC2. The van der Waals surface area contributed by atoms with Crippen molar-refractivity contribution >= 4 is 17.3 Å². The number of hydrogen-bond acceptors (Lipinski definition) is 4. The van der Waals surface area contributed by atoms with E-state index < -0.39 is 0 Å². The van der Waals surface area contributed by atoms with E-state index in [9.17, 15) is 4.79 Å². The van der Waals surface area contributed by atoms with Gasteiger partial charge < -0.3 is 4.74 Å². The number of ether oxygens (including phenoxy) is 1. The summed E-state index contributed by atoms with van der Waals surface area (Å²) in [7, 11) is 0. The first-order valence-corrected chi connectivity index (χ1v) is 6.82. The van der Waals surface area contributed by atoms with E-state index in [1.807, 2.05) is 5.38 Å². The van der Waals surface area contributed by atoms with Crippen molar-refractivity contribution in [3.8, 4) is 0 Å². The van der Waals surface area contributed by atoms with Gasteiger partial charge in [-0.05, 0) is 37.5 Å². The quantitative estimate of drug-likeness (QED) is 0.759. The van der Waals surface area contributed by atoms with Crippen molar-refractivity contribution in [2.24, 2.45) is 17.8 Å². The van der Waals surface area contributed by atoms with E-state index in [1.165, 1.54) is 37.0 Å². The topological polar surface area (TPSA) is 39.2 Å². The van der Waals surface area contributed by atoms with Gasteiger partial charge in [-0.2, -0.15) is 0 Å². The van der Waals surface area contributed by atoms with Gasteiger partial charge in [-0.1, -0.05) is 0 Å². The van der Waals surface area contributed by atoms with Gasteiger partial charge in [-0.15, -0.1) is 11.3 Å². The summed E-state index contributed by atoms with van der Waals surface area (Å²) in [5.74, 6) is 1.41. The van der Waals surface area contributed by atoms with Gasteiger partial charge in [0.2, 0.25) is 0 Å². The van der Waals surface area contributed by atoms with Crippen LogP contribution in [0.25, 0.3) is 0 Å². The molecule has 2 aliphatic rings. The Morgan fingerprint density at radius 1 is 1.38 bits per heavy atom. The number of rotatable bonds is 3. The maximum absolute atomic E-state index is 12.0.